The molecule has 1 unspecified atom stereocenters. The molecule has 1 aliphatic heterocycles. The van der Waals surface area contributed by atoms with Crippen molar-refractivity contribution in [3.05, 3.63) is 24.3 Å². The molecule has 0 spiro atoms. The zero-order chi connectivity index (χ0) is 13.3. The number of hydrogen-bond acceptors (Lipinski definition) is 4. The lowest BCUT2D eigenvalue weighted by Crippen LogP contribution is -2.26. The number of rotatable bonds is 3. The van der Waals surface area contributed by atoms with Gasteiger partial charge in [0.15, 0.2) is 0 Å². The molecule has 8 heteroatoms. The lowest BCUT2D eigenvalue weighted by Gasteiger charge is -2.16. The molecule has 2 heterocycles. The minimum Gasteiger partial charge on any atom is -0.308 e. The normalized spacial score (nSPS) is 20.4. The van der Waals surface area contributed by atoms with Gasteiger partial charge in [-0.3, -0.25) is 4.79 Å². The quantitative estimate of drug-likeness (QED) is 0.619. The lowest BCUT2D eigenvalue weighted by molar-refractivity contribution is -0.117. The minimum absolute atomic E-state index is 0.0419. The molecule has 1 amide bonds. The van der Waals surface area contributed by atoms with Gasteiger partial charge in [0.2, 0.25) is 20.9 Å². The van der Waals surface area contributed by atoms with Gasteiger partial charge in [0.25, 0.3) is 0 Å². The van der Waals surface area contributed by atoms with Crippen LogP contribution >= 0.6 is 10.7 Å². The Morgan fingerprint density at radius 1 is 1.56 bits per heavy atom. The summed E-state index contributed by atoms with van der Waals surface area (Å²) in [5, 5.41) is 0. The average Bonchev–Trinajstić information content (AvgIpc) is 2.57. The first kappa shape index (κ1) is 13.2. The van der Waals surface area contributed by atoms with E-state index in [0.29, 0.717) is 0 Å². The van der Waals surface area contributed by atoms with Crippen molar-refractivity contribution in [3.63, 3.8) is 0 Å². The van der Waals surface area contributed by atoms with Crippen molar-refractivity contribution in [1.82, 2.24) is 4.98 Å². The molecule has 18 heavy (non-hydrogen) atoms. The molecule has 1 saturated heterocycles. The molecule has 0 bridgehead atoms. The van der Waals surface area contributed by atoms with Crippen LogP contribution < -0.4 is 4.90 Å². The molecule has 0 aromatic carbocycles. The summed E-state index contributed by atoms with van der Waals surface area (Å²) < 4.78 is 35.3. The monoisotopic (exact) mass is 292 g/mol. The number of nitrogens with zero attached hydrogens (tertiary/aromatic N) is 2. The second-order valence-corrected chi connectivity index (χ2v) is 6.91. The van der Waals surface area contributed by atoms with Crippen molar-refractivity contribution < 1.29 is 17.6 Å². The molecule has 0 radical (unpaired) electrons. The van der Waals surface area contributed by atoms with Gasteiger partial charge in [-0.15, -0.1) is 0 Å². The van der Waals surface area contributed by atoms with E-state index in [4.69, 9.17) is 10.7 Å². The van der Waals surface area contributed by atoms with Gasteiger partial charge in [-0.05, 0) is 12.1 Å². The zero-order valence-corrected chi connectivity index (χ0v) is 10.8. The Kier molecular flexibility index (Phi) is 3.54. The fourth-order valence-corrected chi connectivity index (χ4v) is 3.31. The van der Waals surface area contributed by atoms with Crippen molar-refractivity contribution in [2.45, 2.75) is 6.42 Å². The summed E-state index contributed by atoms with van der Waals surface area (Å²) in [4.78, 5) is 16.4. The van der Waals surface area contributed by atoms with Gasteiger partial charge in [0.05, 0.1) is 11.4 Å². The number of halogens is 2. The fourth-order valence-electron chi connectivity index (χ4n) is 1.99. The Morgan fingerprint density at radius 2 is 2.28 bits per heavy atom. The van der Waals surface area contributed by atoms with E-state index in [0.717, 1.165) is 0 Å². The average molecular weight is 293 g/mol. The summed E-state index contributed by atoms with van der Waals surface area (Å²) in [6.45, 7) is 0.132. The fraction of sp³-hybridized carbons (Fsp3) is 0.400. The summed E-state index contributed by atoms with van der Waals surface area (Å²) in [6.07, 6.45) is 1.32. The van der Waals surface area contributed by atoms with E-state index in [1.807, 2.05) is 0 Å². The van der Waals surface area contributed by atoms with Crippen molar-refractivity contribution >= 4 is 31.3 Å². The Labute approximate surface area is 108 Å². The first-order valence-electron chi connectivity index (χ1n) is 5.20. The highest BCUT2D eigenvalue weighted by atomic mass is 35.7. The van der Waals surface area contributed by atoms with E-state index in [1.54, 1.807) is 0 Å². The molecule has 98 valence electrons. The third kappa shape index (κ3) is 2.97. The van der Waals surface area contributed by atoms with E-state index in [9.17, 15) is 17.6 Å². The number of amides is 1. The van der Waals surface area contributed by atoms with Crippen LogP contribution in [0.3, 0.4) is 0 Å². The SMILES string of the molecule is O=C1CC(CS(=O)(=O)Cl)CN1c1cccnc1F. The van der Waals surface area contributed by atoms with Gasteiger partial charge in [-0.1, -0.05) is 0 Å². The predicted octanol–water partition coefficient (Wildman–Crippen LogP) is 1.14. The number of carbonyl (C=O) groups excluding carboxylic acids is 1. The van der Waals surface area contributed by atoms with Crippen LogP contribution in [0.25, 0.3) is 0 Å². The van der Waals surface area contributed by atoms with Crippen molar-refractivity contribution in [2.75, 3.05) is 17.2 Å². The van der Waals surface area contributed by atoms with Crippen LogP contribution in [-0.4, -0.2) is 31.6 Å². The Balaban J connectivity index is 2.18. The maximum Gasteiger partial charge on any atom is 0.236 e. The van der Waals surface area contributed by atoms with Crippen LogP contribution in [0.15, 0.2) is 18.3 Å². The standard InChI is InChI=1S/C10H10ClFN2O3S/c11-18(16,17)6-7-4-9(15)14(5-7)8-2-1-3-13-10(8)12/h1-3,7H,4-6H2. The Bertz CT molecular complexity index is 578. The summed E-state index contributed by atoms with van der Waals surface area (Å²) in [7, 11) is 1.48. The number of aromatic nitrogens is 1. The highest BCUT2D eigenvalue weighted by Crippen LogP contribution is 2.27. The molecule has 5 nitrogen and oxygen atoms in total. The molecule has 0 saturated carbocycles. The van der Waals surface area contributed by atoms with E-state index < -0.39 is 20.9 Å². The van der Waals surface area contributed by atoms with E-state index in [2.05, 4.69) is 4.98 Å². The van der Waals surface area contributed by atoms with Crippen LogP contribution in [0, 0.1) is 11.9 Å². The summed E-state index contributed by atoms with van der Waals surface area (Å²) in [6, 6.07) is 2.94. The highest BCUT2D eigenvalue weighted by Gasteiger charge is 2.34. The molecular weight excluding hydrogens is 283 g/mol. The molecule has 0 aliphatic carbocycles. The van der Waals surface area contributed by atoms with Gasteiger partial charge in [0, 0.05) is 35.8 Å². The third-order valence-corrected chi connectivity index (χ3v) is 3.92. The van der Waals surface area contributed by atoms with Crippen molar-refractivity contribution in [2.24, 2.45) is 5.92 Å². The summed E-state index contributed by atoms with van der Waals surface area (Å²) >= 11 is 0. The molecule has 0 N–H and O–H groups in total. The Hall–Kier alpha value is -1.21. The number of hydrogen-bond donors (Lipinski definition) is 0. The molecule has 1 fully saturated rings. The minimum atomic E-state index is -3.66. The summed E-state index contributed by atoms with van der Waals surface area (Å²) in [5.74, 6) is -1.79. The number of pyridine rings is 1. The van der Waals surface area contributed by atoms with Gasteiger partial charge < -0.3 is 4.90 Å². The molecule has 1 aromatic heterocycles. The number of carbonyl (C=O) groups is 1. The zero-order valence-electron chi connectivity index (χ0n) is 9.21. The topological polar surface area (TPSA) is 67.3 Å². The van der Waals surface area contributed by atoms with Gasteiger partial charge in [-0.25, -0.2) is 13.4 Å². The van der Waals surface area contributed by atoms with Crippen LogP contribution in [-0.2, 0) is 13.8 Å². The maximum atomic E-state index is 13.4. The smallest absolute Gasteiger partial charge is 0.236 e. The molecule has 1 aliphatic rings. The van der Waals surface area contributed by atoms with Gasteiger partial charge in [-0.2, -0.15) is 4.39 Å². The number of anilines is 1. The van der Waals surface area contributed by atoms with Crippen LogP contribution in [0.4, 0.5) is 10.1 Å². The largest absolute Gasteiger partial charge is 0.308 e. The van der Waals surface area contributed by atoms with Crippen molar-refractivity contribution in [3.8, 4) is 0 Å². The van der Waals surface area contributed by atoms with Gasteiger partial charge in [0.1, 0.15) is 0 Å². The van der Waals surface area contributed by atoms with Crippen LogP contribution in [0.5, 0.6) is 0 Å². The molecule has 2 rings (SSSR count). The molecular formula is C10H10ClFN2O3S. The maximum absolute atomic E-state index is 13.4. The van der Waals surface area contributed by atoms with Crippen LogP contribution in [0.2, 0.25) is 0 Å². The summed E-state index contributed by atoms with van der Waals surface area (Å²) in [5.41, 5.74) is 0.0666. The predicted molar refractivity (Wildman–Crippen MR) is 64.3 cm³/mol. The molecule has 1 aromatic rings. The second-order valence-electron chi connectivity index (χ2n) is 4.09. The first-order valence-corrected chi connectivity index (χ1v) is 7.68. The third-order valence-electron chi connectivity index (χ3n) is 2.67. The second kappa shape index (κ2) is 4.81. The first-order chi connectivity index (χ1) is 8.37. The van der Waals surface area contributed by atoms with E-state index in [-0.39, 0.29) is 30.3 Å². The molecule has 1 atom stereocenters. The van der Waals surface area contributed by atoms with Crippen molar-refractivity contribution in [1.29, 1.82) is 0 Å². The van der Waals surface area contributed by atoms with Crippen LogP contribution in [0.1, 0.15) is 6.42 Å². The Morgan fingerprint density at radius 3 is 2.89 bits per heavy atom. The lowest BCUT2D eigenvalue weighted by atomic mass is 10.1. The highest BCUT2D eigenvalue weighted by molar-refractivity contribution is 8.13. The van der Waals surface area contributed by atoms with E-state index in [1.165, 1.54) is 23.2 Å². The van der Waals surface area contributed by atoms with E-state index >= 15 is 0 Å². The van der Waals surface area contributed by atoms with Gasteiger partial charge >= 0.3 is 0 Å².